The summed E-state index contributed by atoms with van der Waals surface area (Å²) in [6, 6.07) is 4.34. The number of nitrogens with zero attached hydrogens (tertiary/aromatic N) is 2. The lowest BCUT2D eigenvalue weighted by Gasteiger charge is -2.09. The molecule has 96 valence electrons. The van der Waals surface area contributed by atoms with Crippen LogP contribution in [0.1, 0.15) is 12.4 Å². The number of hydrogen-bond acceptors (Lipinski definition) is 2. The Balaban J connectivity index is 2.07. The Hall–Kier alpha value is -1.50. The minimum absolute atomic E-state index is 0.134. The first-order valence-electron chi connectivity index (χ1n) is 5.06. The molecule has 0 aliphatic rings. The molecule has 2 aromatic rings. The van der Waals surface area contributed by atoms with Gasteiger partial charge in [0.1, 0.15) is 11.6 Å². The maximum absolute atomic E-state index is 13.0. The molecule has 0 saturated carbocycles. The molecule has 1 heterocycles. The highest BCUT2D eigenvalue weighted by atomic mass is 79.9. The van der Waals surface area contributed by atoms with Crippen molar-refractivity contribution in [3.8, 4) is 0 Å². The van der Waals surface area contributed by atoms with Crippen LogP contribution in [0.15, 0.2) is 35.1 Å². The zero-order valence-corrected chi connectivity index (χ0v) is 10.7. The summed E-state index contributed by atoms with van der Waals surface area (Å²) in [4.78, 5) is 3.83. The van der Waals surface area contributed by atoms with Crippen LogP contribution in [0.3, 0.4) is 0 Å². The van der Waals surface area contributed by atoms with E-state index in [9.17, 15) is 13.2 Å². The van der Waals surface area contributed by atoms with Crippen LogP contribution in [-0.2, 0) is 6.54 Å². The molecule has 0 bridgehead atoms. The topological polar surface area (TPSA) is 29.9 Å². The number of hydrogen-bond donors (Lipinski definition) is 1. The first kappa shape index (κ1) is 12.9. The fourth-order valence-corrected chi connectivity index (χ4v) is 1.82. The molecule has 0 atom stereocenters. The number of anilines is 1. The number of nitrogens with one attached hydrogen (secondary N) is 1. The zero-order valence-electron chi connectivity index (χ0n) is 9.08. The van der Waals surface area contributed by atoms with Gasteiger partial charge in [0.2, 0.25) is 0 Å². The van der Waals surface area contributed by atoms with Crippen molar-refractivity contribution in [2.24, 2.45) is 0 Å². The summed E-state index contributed by atoms with van der Waals surface area (Å²) in [7, 11) is 0. The summed E-state index contributed by atoms with van der Waals surface area (Å²) < 4.78 is 39.2. The third-order valence-electron chi connectivity index (χ3n) is 2.33. The quantitative estimate of drug-likeness (QED) is 0.929. The van der Waals surface area contributed by atoms with Crippen molar-refractivity contribution in [1.29, 1.82) is 0 Å². The molecule has 7 heteroatoms. The summed E-state index contributed by atoms with van der Waals surface area (Å²) in [5.74, 6) is -0.167. The highest BCUT2D eigenvalue weighted by Gasteiger charge is 2.10. The molecule has 0 spiro atoms. The highest BCUT2D eigenvalue weighted by Crippen LogP contribution is 2.20. The lowest BCUT2D eigenvalue weighted by atomic mass is 10.3. The Morgan fingerprint density at radius 3 is 2.83 bits per heavy atom. The molecule has 3 nitrogen and oxygen atoms in total. The van der Waals surface area contributed by atoms with Crippen LogP contribution in [-0.4, -0.2) is 9.55 Å². The second-order valence-electron chi connectivity index (χ2n) is 3.51. The standard InChI is InChI=1S/C11H9BrF3N3/c12-8-5-7(1-2-9(8)13)17-6-10-16-3-4-18(10)11(14)15/h1-5,11,17H,6H2. The van der Waals surface area contributed by atoms with E-state index in [2.05, 4.69) is 26.2 Å². The molecular formula is C11H9BrF3N3. The SMILES string of the molecule is Fc1ccc(NCc2nccn2C(F)F)cc1Br. The maximum Gasteiger partial charge on any atom is 0.319 e. The Morgan fingerprint density at radius 2 is 2.17 bits per heavy atom. The number of benzene rings is 1. The first-order valence-corrected chi connectivity index (χ1v) is 5.86. The molecule has 0 fully saturated rings. The summed E-state index contributed by atoms with van der Waals surface area (Å²) in [5, 5.41) is 2.90. The minimum atomic E-state index is -2.62. The van der Waals surface area contributed by atoms with Crippen LogP contribution in [0, 0.1) is 5.82 Å². The predicted octanol–water partition coefficient (Wildman–Crippen LogP) is 3.79. The highest BCUT2D eigenvalue weighted by molar-refractivity contribution is 9.10. The van der Waals surface area contributed by atoms with E-state index < -0.39 is 6.55 Å². The number of alkyl halides is 2. The Bertz CT molecular complexity index is 542. The normalized spacial score (nSPS) is 10.9. The number of aromatic nitrogens is 2. The molecule has 0 amide bonds. The van der Waals surface area contributed by atoms with E-state index in [0.29, 0.717) is 10.2 Å². The van der Waals surface area contributed by atoms with Gasteiger partial charge < -0.3 is 5.32 Å². The van der Waals surface area contributed by atoms with Crippen molar-refractivity contribution in [3.63, 3.8) is 0 Å². The van der Waals surface area contributed by atoms with E-state index in [4.69, 9.17) is 0 Å². The number of imidazole rings is 1. The van der Waals surface area contributed by atoms with Crippen molar-refractivity contribution < 1.29 is 13.2 Å². The van der Waals surface area contributed by atoms with Gasteiger partial charge in [0.25, 0.3) is 0 Å². The predicted molar refractivity (Wildman–Crippen MR) is 64.9 cm³/mol. The van der Waals surface area contributed by atoms with Gasteiger partial charge in [-0.15, -0.1) is 0 Å². The van der Waals surface area contributed by atoms with Crippen LogP contribution in [0.5, 0.6) is 0 Å². The van der Waals surface area contributed by atoms with E-state index in [1.54, 1.807) is 0 Å². The fraction of sp³-hybridized carbons (Fsp3) is 0.182. The van der Waals surface area contributed by atoms with Gasteiger partial charge in [-0.3, -0.25) is 4.57 Å². The van der Waals surface area contributed by atoms with Gasteiger partial charge in [0, 0.05) is 18.1 Å². The lowest BCUT2D eigenvalue weighted by molar-refractivity contribution is 0.0673. The Kier molecular flexibility index (Phi) is 3.90. The third-order valence-corrected chi connectivity index (χ3v) is 2.94. The van der Waals surface area contributed by atoms with Crippen molar-refractivity contribution in [1.82, 2.24) is 9.55 Å². The van der Waals surface area contributed by atoms with E-state index in [1.807, 2.05) is 0 Å². The molecule has 0 unspecified atom stereocenters. The van der Waals surface area contributed by atoms with Crippen LogP contribution in [0.25, 0.3) is 0 Å². The van der Waals surface area contributed by atoms with Crippen molar-refractivity contribution in [2.75, 3.05) is 5.32 Å². The van der Waals surface area contributed by atoms with Crippen LogP contribution >= 0.6 is 15.9 Å². The van der Waals surface area contributed by atoms with Gasteiger partial charge in [0.15, 0.2) is 0 Å². The van der Waals surface area contributed by atoms with E-state index >= 15 is 0 Å². The molecule has 1 aromatic carbocycles. The minimum Gasteiger partial charge on any atom is -0.378 e. The smallest absolute Gasteiger partial charge is 0.319 e. The zero-order chi connectivity index (χ0) is 13.1. The van der Waals surface area contributed by atoms with Gasteiger partial charge in [-0.05, 0) is 34.1 Å². The van der Waals surface area contributed by atoms with Crippen molar-refractivity contribution >= 4 is 21.6 Å². The third kappa shape index (κ3) is 2.84. The number of rotatable bonds is 4. The van der Waals surface area contributed by atoms with Gasteiger partial charge in [-0.25, -0.2) is 9.37 Å². The molecule has 0 radical (unpaired) electrons. The second kappa shape index (κ2) is 5.43. The molecule has 0 aliphatic heterocycles. The summed E-state index contributed by atoms with van der Waals surface area (Å²) in [6.45, 7) is -2.49. The van der Waals surface area contributed by atoms with Crippen molar-refractivity contribution in [3.05, 3.63) is 46.7 Å². The van der Waals surface area contributed by atoms with Crippen LogP contribution in [0.4, 0.5) is 18.9 Å². The largest absolute Gasteiger partial charge is 0.378 e. The molecule has 1 aromatic heterocycles. The molecule has 0 saturated heterocycles. The first-order chi connectivity index (χ1) is 8.58. The summed E-state index contributed by atoms with van der Waals surface area (Å²) >= 11 is 3.05. The van der Waals surface area contributed by atoms with E-state index in [0.717, 1.165) is 4.57 Å². The molecule has 1 N–H and O–H groups in total. The molecule has 0 aliphatic carbocycles. The van der Waals surface area contributed by atoms with Crippen LogP contribution < -0.4 is 5.32 Å². The Morgan fingerprint density at radius 1 is 1.39 bits per heavy atom. The van der Waals surface area contributed by atoms with E-state index in [1.165, 1.54) is 30.6 Å². The summed E-state index contributed by atoms with van der Waals surface area (Å²) in [6.07, 6.45) is 2.52. The fourth-order valence-electron chi connectivity index (χ4n) is 1.45. The van der Waals surface area contributed by atoms with Crippen LogP contribution in [0.2, 0.25) is 0 Å². The number of halogens is 4. The summed E-state index contributed by atoms with van der Waals surface area (Å²) in [5.41, 5.74) is 0.618. The monoisotopic (exact) mass is 319 g/mol. The lowest BCUT2D eigenvalue weighted by Crippen LogP contribution is -2.09. The Labute approximate surface area is 110 Å². The average molecular weight is 320 g/mol. The molecular weight excluding hydrogens is 311 g/mol. The van der Waals surface area contributed by atoms with Gasteiger partial charge >= 0.3 is 6.55 Å². The second-order valence-corrected chi connectivity index (χ2v) is 4.37. The molecule has 2 rings (SSSR count). The van der Waals surface area contributed by atoms with Crippen molar-refractivity contribution in [2.45, 2.75) is 13.1 Å². The maximum atomic E-state index is 13.0. The van der Waals surface area contributed by atoms with E-state index in [-0.39, 0.29) is 18.2 Å². The molecule has 18 heavy (non-hydrogen) atoms. The van der Waals surface area contributed by atoms with Gasteiger partial charge in [-0.2, -0.15) is 8.78 Å². The average Bonchev–Trinajstić information content (AvgIpc) is 2.79. The van der Waals surface area contributed by atoms with Gasteiger partial charge in [0.05, 0.1) is 11.0 Å². The van der Waals surface area contributed by atoms with Gasteiger partial charge in [-0.1, -0.05) is 0 Å².